The van der Waals surface area contributed by atoms with Crippen molar-refractivity contribution in [3.05, 3.63) is 24.3 Å². The molecule has 1 saturated heterocycles. The fraction of sp³-hybridized carbons (Fsp3) is 0.300. The topological polar surface area (TPSA) is 70.0 Å². The molecule has 0 radical (unpaired) electrons. The van der Waals surface area contributed by atoms with E-state index < -0.39 is 12.2 Å². The van der Waals surface area contributed by atoms with E-state index >= 15 is 0 Å². The lowest BCUT2D eigenvalue weighted by molar-refractivity contribution is 0.0963. The van der Waals surface area contributed by atoms with Crippen LogP contribution in [0.3, 0.4) is 0 Å². The Morgan fingerprint density at radius 1 is 1.53 bits per heavy atom. The number of phenolic OH excluding ortho intramolecular Hbond substituents is 1. The van der Waals surface area contributed by atoms with Gasteiger partial charge in [0, 0.05) is 6.07 Å². The number of benzene rings is 1. The lowest BCUT2D eigenvalue weighted by Crippen LogP contribution is -2.25. The minimum absolute atomic E-state index is 0.0905. The second kappa shape index (κ2) is 3.78. The van der Waals surface area contributed by atoms with E-state index in [0.717, 1.165) is 0 Å². The first-order valence-electron chi connectivity index (χ1n) is 4.59. The first-order valence-corrected chi connectivity index (χ1v) is 4.59. The van der Waals surface area contributed by atoms with Gasteiger partial charge in [-0.2, -0.15) is 0 Å². The zero-order valence-electron chi connectivity index (χ0n) is 7.96. The van der Waals surface area contributed by atoms with E-state index in [1.807, 2.05) is 0 Å². The average Bonchev–Trinajstić information content (AvgIpc) is 2.60. The highest BCUT2D eigenvalue weighted by atomic mass is 16.6. The number of hydrogen-bond donors (Lipinski definition) is 2. The van der Waals surface area contributed by atoms with E-state index in [1.165, 1.54) is 17.0 Å². The maximum absolute atomic E-state index is 11.4. The van der Waals surface area contributed by atoms with Gasteiger partial charge in [0.05, 0.1) is 18.8 Å². The molecule has 0 spiro atoms. The number of aliphatic hydroxyl groups is 1. The minimum atomic E-state index is -0.500. The Morgan fingerprint density at radius 3 is 2.93 bits per heavy atom. The third kappa shape index (κ3) is 1.87. The molecule has 2 N–H and O–H groups in total. The summed E-state index contributed by atoms with van der Waals surface area (Å²) in [5, 5.41) is 18.1. The summed E-state index contributed by atoms with van der Waals surface area (Å²) in [5.74, 6) is 0.0905. The number of carbonyl (C=O) groups is 1. The maximum atomic E-state index is 11.4. The SMILES string of the molecule is O=C1OC(CO)CN1c1cccc(O)c1. The Kier molecular flexibility index (Phi) is 2.47. The van der Waals surface area contributed by atoms with Crippen molar-refractivity contribution in [2.24, 2.45) is 0 Å². The van der Waals surface area contributed by atoms with E-state index in [9.17, 15) is 9.90 Å². The van der Waals surface area contributed by atoms with Crippen LogP contribution < -0.4 is 4.90 Å². The highest BCUT2D eigenvalue weighted by Gasteiger charge is 2.31. The molecule has 1 amide bonds. The molecule has 1 heterocycles. The molecular weight excluding hydrogens is 198 g/mol. The molecule has 0 bridgehead atoms. The molecule has 1 unspecified atom stereocenters. The van der Waals surface area contributed by atoms with Crippen LogP contribution in [0.4, 0.5) is 10.5 Å². The van der Waals surface area contributed by atoms with Crippen molar-refractivity contribution in [3.8, 4) is 5.75 Å². The predicted octanol–water partition coefficient (Wildman–Crippen LogP) is 0.710. The van der Waals surface area contributed by atoms with Crippen LogP contribution in [0.15, 0.2) is 24.3 Å². The molecule has 1 atom stereocenters. The summed E-state index contributed by atoms with van der Waals surface area (Å²) in [6.07, 6.45) is -0.987. The summed E-state index contributed by atoms with van der Waals surface area (Å²) in [7, 11) is 0. The van der Waals surface area contributed by atoms with Crippen LogP contribution in [0.2, 0.25) is 0 Å². The van der Waals surface area contributed by atoms with Gasteiger partial charge in [-0.05, 0) is 12.1 Å². The maximum Gasteiger partial charge on any atom is 0.414 e. The molecule has 0 aromatic heterocycles. The normalized spacial score (nSPS) is 20.5. The Bertz CT molecular complexity index is 379. The van der Waals surface area contributed by atoms with Gasteiger partial charge in [-0.3, -0.25) is 4.90 Å². The molecule has 1 fully saturated rings. The van der Waals surface area contributed by atoms with Gasteiger partial charge in [0.15, 0.2) is 0 Å². The van der Waals surface area contributed by atoms with Gasteiger partial charge < -0.3 is 14.9 Å². The van der Waals surface area contributed by atoms with E-state index in [1.54, 1.807) is 12.1 Å². The van der Waals surface area contributed by atoms with E-state index in [4.69, 9.17) is 9.84 Å². The number of aromatic hydroxyl groups is 1. The third-order valence-electron chi connectivity index (χ3n) is 2.22. The van der Waals surface area contributed by atoms with Crippen molar-refractivity contribution in [1.82, 2.24) is 0 Å². The number of hydrogen-bond acceptors (Lipinski definition) is 4. The Morgan fingerprint density at radius 2 is 2.33 bits per heavy atom. The average molecular weight is 209 g/mol. The third-order valence-corrected chi connectivity index (χ3v) is 2.22. The van der Waals surface area contributed by atoms with Crippen LogP contribution in [0.25, 0.3) is 0 Å². The van der Waals surface area contributed by atoms with Gasteiger partial charge in [0.1, 0.15) is 11.9 Å². The number of ether oxygens (including phenoxy) is 1. The Labute approximate surface area is 86.5 Å². The van der Waals surface area contributed by atoms with Gasteiger partial charge in [-0.15, -0.1) is 0 Å². The molecular formula is C10H11NO4. The number of anilines is 1. The van der Waals surface area contributed by atoms with Crippen LogP contribution in [0.5, 0.6) is 5.75 Å². The summed E-state index contributed by atoms with van der Waals surface area (Å²) < 4.78 is 4.87. The van der Waals surface area contributed by atoms with Crippen LogP contribution in [0.1, 0.15) is 0 Å². The van der Waals surface area contributed by atoms with Crippen molar-refractivity contribution in [1.29, 1.82) is 0 Å². The molecule has 80 valence electrons. The summed E-state index contributed by atoms with van der Waals surface area (Å²) in [6.45, 7) is 0.111. The molecule has 0 saturated carbocycles. The van der Waals surface area contributed by atoms with E-state index in [0.29, 0.717) is 12.2 Å². The van der Waals surface area contributed by atoms with E-state index in [2.05, 4.69) is 0 Å². The summed E-state index contributed by atoms with van der Waals surface area (Å²) in [6, 6.07) is 6.33. The van der Waals surface area contributed by atoms with Crippen LogP contribution in [-0.2, 0) is 4.74 Å². The molecule has 1 aromatic carbocycles. The fourth-order valence-electron chi connectivity index (χ4n) is 1.49. The molecule has 5 heteroatoms. The van der Waals surface area contributed by atoms with Crippen molar-refractivity contribution in [2.45, 2.75) is 6.10 Å². The largest absolute Gasteiger partial charge is 0.508 e. The van der Waals surface area contributed by atoms with Gasteiger partial charge in [0.2, 0.25) is 0 Å². The number of amides is 1. The van der Waals surface area contributed by atoms with Crippen molar-refractivity contribution >= 4 is 11.8 Å². The molecule has 15 heavy (non-hydrogen) atoms. The lowest BCUT2D eigenvalue weighted by atomic mass is 10.2. The zero-order chi connectivity index (χ0) is 10.8. The number of rotatable bonds is 2. The number of phenols is 1. The van der Waals surface area contributed by atoms with Crippen LogP contribution in [0, 0.1) is 0 Å². The van der Waals surface area contributed by atoms with Crippen molar-refractivity contribution in [3.63, 3.8) is 0 Å². The molecule has 1 aromatic rings. The van der Waals surface area contributed by atoms with Crippen molar-refractivity contribution in [2.75, 3.05) is 18.1 Å². The molecule has 0 aliphatic carbocycles. The highest BCUT2D eigenvalue weighted by molar-refractivity contribution is 5.89. The first-order chi connectivity index (χ1) is 7.20. The second-order valence-electron chi connectivity index (χ2n) is 3.32. The number of carbonyl (C=O) groups excluding carboxylic acids is 1. The monoisotopic (exact) mass is 209 g/mol. The predicted molar refractivity (Wildman–Crippen MR) is 52.8 cm³/mol. The molecule has 1 aliphatic rings. The van der Waals surface area contributed by atoms with Gasteiger partial charge in [0.25, 0.3) is 0 Å². The van der Waals surface area contributed by atoms with Crippen molar-refractivity contribution < 1.29 is 19.7 Å². The van der Waals surface area contributed by atoms with Gasteiger partial charge >= 0.3 is 6.09 Å². The zero-order valence-corrected chi connectivity index (χ0v) is 7.96. The molecule has 1 aliphatic heterocycles. The van der Waals surface area contributed by atoms with Crippen LogP contribution >= 0.6 is 0 Å². The fourth-order valence-corrected chi connectivity index (χ4v) is 1.49. The smallest absolute Gasteiger partial charge is 0.414 e. The second-order valence-corrected chi connectivity index (χ2v) is 3.32. The number of cyclic esters (lactones) is 1. The molecule has 2 rings (SSSR count). The standard InChI is InChI=1S/C10H11NO4/c12-6-9-5-11(10(14)15-9)7-2-1-3-8(13)4-7/h1-4,9,12-13H,5-6H2. The minimum Gasteiger partial charge on any atom is -0.508 e. The number of aliphatic hydroxyl groups excluding tert-OH is 1. The Balaban J connectivity index is 2.21. The quantitative estimate of drug-likeness (QED) is 0.752. The van der Waals surface area contributed by atoms with E-state index in [-0.39, 0.29) is 12.4 Å². The number of nitrogens with zero attached hydrogens (tertiary/aromatic N) is 1. The first kappa shape index (κ1) is 9.79. The summed E-state index contributed by atoms with van der Waals surface area (Å²) >= 11 is 0. The highest BCUT2D eigenvalue weighted by Crippen LogP contribution is 2.24. The Hall–Kier alpha value is -1.75. The lowest BCUT2D eigenvalue weighted by Gasteiger charge is -2.12. The van der Waals surface area contributed by atoms with Gasteiger partial charge in [-0.25, -0.2) is 4.79 Å². The molecule has 5 nitrogen and oxygen atoms in total. The summed E-state index contributed by atoms with van der Waals surface area (Å²) in [4.78, 5) is 12.7. The van der Waals surface area contributed by atoms with Crippen LogP contribution in [-0.4, -0.2) is 35.6 Å². The van der Waals surface area contributed by atoms with Gasteiger partial charge in [-0.1, -0.05) is 6.07 Å². The summed E-state index contributed by atoms with van der Waals surface area (Å²) in [5.41, 5.74) is 0.566.